The average molecular weight is 217 g/mol. The molecule has 0 bridgehead atoms. The van der Waals surface area contributed by atoms with Gasteiger partial charge in [0.2, 0.25) is 5.89 Å². The Morgan fingerprint density at radius 2 is 2.19 bits per heavy atom. The summed E-state index contributed by atoms with van der Waals surface area (Å²) in [5.74, 6) is 1.97. The van der Waals surface area contributed by atoms with Gasteiger partial charge < -0.3 is 4.42 Å². The molecule has 2 aliphatic rings. The van der Waals surface area contributed by atoms with Gasteiger partial charge in [0.1, 0.15) is 5.82 Å². The van der Waals surface area contributed by atoms with Gasteiger partial charge in [0.25, 0.3) is 11.3 Å². The van der Waals surface area contributed by atoms with Gasteiger partial charge in [-0.2, -0.15) is 4.98 Å². The summed E-state index contributed by atoms with van der Waals surface area (Å²) in [6.45, 7) is 0.767. The Balaban J connectivity index is 2.04. The molecule has 2 aromatic heterocycles. The number of aryl methyl sites for hydroxylation is 1. The van der Waals surface area contributed by atoms with Gasteiger partial charge in [-0.1, -0.05) is 0 Å². The van der Waals surface area contributed by atoms with E-state index in [9.17, 15) is 4.79 Å². The van der Waals surface area contributed by atoms with E-state index in [1.807, 2.05) is 0 Å². The molecule has 2 aromatic rings. The highest BCUT2D eigenvalue weighted by Crippen LogP contribution is 2.40. The first-order chi connectivity index (χ1) is 7.83. The molecule has 0 unspecified atom stereocenters. The molecule has 5 heteroatoms. The number of rotatable bonds is 1. The predicted octanol–water partition coefficient (Wildman–Crippen LogP) is 1.21. The Hall–Kier alpha value is -1.65. The van der Waals surface area contributed by atoms with Gasteiger partial charge >= 0.3 is 0 Å². The normalized spacial score (nSPS) is 19.2. The van der Waals surface area contributed by atoms with Crippen molar-refractivity contribution in [3.8, 4) is 0 Å². The van der Waals surface area contributed by atoms with E-state index in [1.54, 1.807) is 4.57 Å². The van der Waals surface area contributed by atoms with Gasteiger partial charge in [-0.3, -0.25) is 9.36 Å². The molecule has 0 spiro atoms. The van der Waals surface area contributed by atoms with Crippen LogP contribution in [-0.2, 0) is 13.0 Å². The topological polar surface area (TPSA) is 60.9 Å². The lowest BCUT2D eigenvalue weighted by Gasteiger charge is -1.98. The Labute approximate surface area is 91.1 Å². The van der Waals surface area contributed by atoms with Crippen LogP contribution in [0.2, 0.25) is 0 Å². The molecule has 16 heavy (non-hydrogen) atoms. The van der Waals surface area contributed by atoms with Crippen molar-refractivity contribution < 1.29 is 4.42 Å². The van der Waals surface area contributed by atoms with Crippen LogP contribution in [-0.4, -0.2) is 14.5 Å². The van der Waals surface area contributed by atoms with Crippen LogP contribution in [0, 0.1) is 0 Å². The molecule has 4 rings (SSSR count). The predicted molar refractivity (Wildman–Crippen MR) is 56.4 cm³/mol. The maximum atomic E-state index is 12.1. The van der Waals surface area contributed by atoms with Crippen LogP contribution < -0.4 is 5.56 Å². The van der Waals surface area contributed by atoms with Crippen LogP contribution in [0.5, 0.6) is 0 Å². The molecule has 1 saturated carbocycles. The third-order valence-corrected chi connectivity index (χ3v) is 3.32. The molecule has 5 nitrogen and oxygen atoms in total. The molecule has 3 heterocycles. The van der Waals surface area contributed by atoms with Crippen molar-refractivity contribution in [2.45, 2.75) is 38.1 Å². The van der Waals surface area contributed by atoms with Crippen molar-refractivity contribution >= 4 is 11.2 Å². The van der Waals surface area contributed by atoms with Crippen molar-refractivity contribution in [2.24, 2.45) is 0 Å². The maximum Gasteiger partial charge on any atom is 0.283 e. The van der Waals surface area contributed by atoms with Crippen LogP contribution in [0.3, 0.4) is 0 Å². The van der Waals surface area contributed by atoms with E-state index in [2.05, 4.69) is 9.97 Å². The smallest absolute Gasteiger partial charge is 0.283 e. The quantitative estimate of drug-likeness (QED) is 0.720. The molecule has 1 fully saturated rings. The van der Waals surface area contributed by atoms with Gasteiger partial charge in [-0.05, 0) is 19.3 Å². The van der Waals surface area contributed by atoms with E-state index >= 15 is 0 Å². The largest absolute Gasteiger partial charge is 0.422 e. The summed E-state index contributed by atoms with van der Waals surface area (Å²) >= 11 is 0. The molecule has 1 aliphatic carbocycles. The first kappa shape index (κ1) is 8.50. The number of nitrogens with zero attached hydrogens (tertiary/aromatic N) is 3. The van der Waals surface area contributed by atoms with Gasteiger partial charge in [-0.25, -0.2) is 4.98 Å². The highest BCUT2D eigenvalue weighted by Gasteiger charge is 2.30. The number of hydrogen-bond acceptors (Lipinski definition) is 4. The zero-order valence-corrected chi connectivity index (χ0v) is 8.77. The van der Waals surface area contributed by atoms with Gasteiger partial charge in [0.05, 0.1) is 0 Å². The Bertz CT molecular complexity index is 636. The second kappa shape index (κ2) is 2.72. The summed E-state index contributed by atoms with van der Waals surface area (Å²) in [7, 11) is 0. The van der Waals surface area contributed by atoms with Crippen molar-refractivity contribution in [1.29, 1.82) is 0 Å². The minimum absolute atomic E-state index is 0.0341. The van der Waals surface area contributed by atoms with Crippen LogP contribution in [0.4, 0.5) is 0 Å². The van der Waals surface area contributed by atoms with E-state index in [0.717, 1.165) is 38.1 Å². The molecule has 0 radical (unpaired) electrons. The maximum absolute atomic E-state index is 12.1. The highest BCUT2D eigenvalue weighted by atomic mass is 16.4. The van der Waals surface area contributed by atoms with Crippen molar-refractivity contribution in [3.05, 3.63) is 22.1 Å². The summed E-state index contributed by atoms with van der Waals surface area (Å²) in [5, 5.41) is 0. The molecule has 0 N–H and O–H groups in total. The molecule has 0 aromatic carbocycles. The van der Waals surface area contributed by atoms with Gasteiger partial charge in [0, 0.05) is 18.9 Å². The van der Waals surface area contributed by atoms with E-state index in [0.29, 0.717) is 23.0 Å². The van der Waals surface area contributed by atoms with Crippen LogP contribution in [0.15, 0.2) is 9.21 Å². The monoisotopic (exact) mass is 217 g/mol. The summed E-state index contributed by atoms with van der Waals surface area (Å²) in [5.41, 5.74) is 0.806. The van der Waals surface area contributed by atoms with E-state index in [1.165, 1.54) is 0 Å². The number of oxazole rings is 1. The fraction of sp³-hybridized carbons (Fsp3) is 0.545. The fourth-order valence-corrected chi connectivity index (χ4v) is 2.29. The minimum atomic E-state index is -0.0341. The Morgan fingerprint density at radius 1 is 1.31 bits per heavy atom. The molecule has 0 saturated heterocycles. The Kier molecular flexibility index (Phi) is 1.45. The standard InChI is InChI=1S/C11H11N3O2/c15-11-8-10(12-7-2-1-5-14(7)11)16-9(13-8)6-3-4-6/h6H,1-5H2. The van der Waals surface area contributed by atoms with Crippen LogP contribution in [0.1, 0.15) is 36.9 Å². The highest BCUT2D eigenvalue weighted by molar-refractivity contribution is 5.67. The van der Waals surface area contributed by atoms with E-state index in [4.69, 9.17) is 4.42 Å². The van der Waals surface area contributed by atoms with Crippen LogP contribution >= 0.6 is 0 Å². The Morgan fingerprint density at radius 3 is 3.00 bits per heavy atom. The minimum Gasteiger partial charge on any atom is -0.422 e. The molecule has 1 aliphatic heterocycles. The number of aromatic nitrogens is 3. The molecule has 0 atom stereocenters. The van der Waals surface area contributed by atoms with E-state index in [-0.39, 0.29) is 5.56 Å². The first-order valence-electron chi connectivity index (χ1n) is 5.73. The summed E-state index contributed by atoms with van der Waals surface area (Å²) in [6.07, 6.45) is 4.09. The molecule has 82 valence electrons. The van der Waals surface area contributed by atoms with Gasteiger partial charge in [0.15, 0.2) is 5.52 Å². The van der Waals surface area contributed by atoms with Crippen molar-refractivity contribution in [1.82, 2.24) is 14.5 Å². The lowest BCUT2D eigenvalue weighted by molar-refractivity contribution is 0.522. The first-order valence-corrected chi connectivity index (χ1v) is 5.73. The molecular weight excluding hydrogens is 206 g/mol. The lowest BCUT2D eigenvalue weighted by atomic mass is 10.4. The number of hydrogen-bond donors (Lipinski definition) is 0. The average Bonchev–Trinajstić information content (AvgIpc) is 2.87. The second-order valence-corrected chi connectivity index (χ2v) is 4.57. The zero-order valence-electron chi connectivity index (χ0n) is 8.77. The summed E-state index contributed by atoms with van der Waals surface area (Å²) < 4.78 is 7.29. The third kappa shape index (κ3) is 1.03. The van der Waals surface area contributed by atoms with Crippen molar-refractivity contribution in [2.75, 3.05) is 0 Å². The lowest BCUT2D eigenvalue weighted by Crippen LogP contribution is -2.20. The van der Waals surface area contributed by atoms with Crippen LogP contribution in [0.25, 0.3) is 11.2 Å². The zero-order chi connectivity index (χ0) is 10.7. The summed E-state index contributed by atoms with van der Waals surface area (Å²) in [6, 6.07) is 0. The molecular formula is C11H11N3O2. The number of fused-ring (bicyclic) bond motifs is 2. The SMILES string of the molecule is O=c1c2nc(C3CC3)oc2nc2n1CCC2. The third-order valence-electron chi connectivity index (χ3n) is 3.32. The molecule has 0 amide bonds. The van der Waals surface area contributed by atoms with Crippen molar-refractivity contribution in [3.63, 3.8) is 0 Å². The van der Waals surface area contributed by atoms with Gasteiger partial charge in [-0.15, -0.1) is 0 Å². The summed E-state index contributed by atoms with van der Waals surface area (Å²) in [4.78, 5) is 20.7. The second-order valence-electron chi connectivity index (χ2n) is 4.57. The van der Waals surface area contributed by atoms with E-state index < -0.39 is 0 Å². The fourth-order valence-electron chi connectivity index (χ4n) is 2.29.